The number of nitrogens with one attached hydrogen (secondary N) is 1. The van der Waals surface area contributed by atoms with Crippen molar-refractivity contribution in [2.45, 2.75) is 19.8 Å². The van der Waals surface area contributed by atoms with E-state index >= 15 is 0 Å². The summed E-state index contributed by atoms with van der Waals surface area (Å²) in [6, 6.07) is 7.69. The lowest BCUT2D eigenvalue weighted by Gasteiger charge is -2.06. The Hall–Kier alpha value is -2.30. The lowest BCUT2D eigenvalue weighted by Crippen LogP contribution is -2.01. The van der Waals surface area contributed by atoms with Crippen molar-refractivity contribution < 1.29 is 9.90 Å². The molecular formula is C13H15N3O2. The van der Waals surface area contributed by atoms with Crippen molar-refractivity contribution in [2.24, 2.45) is 0 Å². The lowest BCUT2D eigenvalue weighted by molar-refractivity contribution is 0.0699. The van der Waals surface area contributed by atoms with Crippen molar-refractivity contribution in [1.82, 2.24) is 10.2 Å². The summed E-state index contributed by atoms with van der Waals surface area (Å²) in [7, 11) is 0. The van der Waals surface area contributed by atoms with Crippen molar-refractivity contribution in [2.75, 3.05) is 5.73 Å². The van der Waals surface area contributed by atoms with Crippen LogP contribution in [-0.2, 0) is 0 Å². The number of benzene rings is 1. The molecule has 5 nitrogen and oxygen atoms in total. The van der Waals surface area contributed by atoms with Crippen LogP contribution in [0.4, 0.5) is 5.82 Å². The van der Waals surface area contributed by atoms with E-state index in [1.54, 1.807) is 0 Å². The van der Waals surface area contributed by atoms with E-state index in [0.717, 1.165) is 5.56 Å². The number of nitrogen functional groups attached to an aromatic ring is 1. The molecule has 0 amide bonds. The number of aromatic nitrogens is 2. The highest BCUT2D eigenvalue weighted by molar-refractivity contribution is 5.99. The minimum Gasteiger partial charge on any atom is -0.477 e. The van der Waals surface area contributed by atoms with Crippen molar-refractivity contribution >= 4 is 11.8 Å². The monoisotopic (exact) mass is 245 g/mol. The number of carboxylic acids is 1. The van der Waals surface area contributed by atoms with Gasteiger partial charge in [0.1, 0.15) is 5.56 Å². The first-order valence-electron chi connectivity index (χ1n) is 5.68. The van der Waals surface area contributed by atoms with Crippen LogP contribution in [0, 0.1) is 0 Å². The smallest absolute Gasteiger partial charge is 0.341 e. The van der Waals surface area contributed by atoms with Gasteiger partial charge >= 0.3 is 5.97 Å². The van der Waals surface area contributed by atoms with E-state index in [0.29, 0.717) is 11.6 Å². The van der Waals surface area contributed by atoms with Crippen LogP contribution in [0.15, 0.2) is 24.3 Å². The molecule has 0 fully saturated rings. The first-order chi connectivity index (χ1) is 8.50. The van der Waals surface area contributed by atoms with E-state index in [9.17, 15) is 4.79 Å². The standard InChI is InChI=1S/C13H15N3O2/c1-7(2)8-3-5-9(6-4-8)11-10(13(17)18)12(14)16-15-11/h3-7H,1-2H3,(H,17,18)(H3,14,15,16). The molecule has 0 spiro atoms. The molecule has 0 aliphatic carbocycles. The Morgan fingerprint density at radius 2 is 1.94 bits per heavy atom. The van der Waals surface area contributed by atoms with Gasteiger partial charge in [-0.25, -0.2) is 4.79 Å². The number of H-pyrrole nitrogens is 1. The van der Waals surface area contributed by atoms with E-state index < -0.39 is 5.97 Å². The van der Waals surface area contributed by atoms with Crippen LogP contribution in [-0.4, -0.2) is 21.3 Å². The maximum Gasteiger partial charge on any atom is 0.341 e. The number of nitrogens with two attached hydrogens (primary N) is 1. The van der Waals surface area contributed by atoms with Crippen molar-refractivity contribution in [3.05, 3.63) is 35.4 Å². The maximum atomic E-state index is 11.1. The Kier molecular flexibility index (Phi) is 3.06. The second-order valence-corrected chi connectivity index (χ2v) is 4.44. The number of aromatic amines is 1. The quantitative estimate of drug-likeness (QED) is 0.774. The molecule has 1 heterocycles. The van der Waals surface area contributed by atoms with E-state index in [-0.39, 0.29) is 11.4 Å². The molecule has 0 aliphatic heterocycles. The zero-order valence-corrected chi connectivity index (χ0v) is 10.3. The third-order valence-corrected chi connectivity index (χ3v) is 2.87. The molecule has 0 aliphatic rings. The van der Waals surface area contributed by atoms with Gasteiger partial charge in [0.25, 0.3) is 0 Å². The molecule has 0 saturated carbocycles. The largest absolute Gasteiger partial charge is 0.477 e. The number of rotatable bonds is 3. The average molecular weight is 245 g/mol. The molecule has 1 aromatic heterocycles. The molecule has 1 aromatic carbocycles. The van der Waals surface area contributed by atoms with Gasteiger partial charge in [0.2, 0.25) is 0 Å². The number of anilines is 1. The second kappa shape index (κ2) is 4.52. The fourth-order valence-corrected chi connectivity index (χ4v) is 1.82. The summed E-state index contributed by atoms with van der Waals surface area (Å²) in [5, 5.41) is 15.5. The van der Waals surface area contributed by atoms with Crippen LogP contribution < -0.4 is 5.73 Å². The minimum absolute atomic E-state index is 0.00503. The van der Waals surface area contributed by atoms with Crippen molar-refractivity contribution in [3.8, 4) is 11.3 Å². The topological polar surface area (TPSA) is 92.0 Å². The van der Waals surface area contributed by atoms with Crippen LogP contribution in [0.5, 0.6) is 0 Å². The predicted octanol–water partition coefficient (Wildman–Crippen LogP) is 2.48. The summed E-state index contributed by atoms with van der Waals surface area (Å²) in [6.45, 7) is 4.21. The summed E-state index contributed by atoms with van der Waals surface area (Å²) in [4.78, 5) is 11.1. The summed E-state index contributed by atoms with van der Waals surface area (Å²) >= 11 is 0. The molecule has 4 N–H and O–H groups in total. The normalized spacial score (nSPS) is 10.8. The number of carboxylic acid groups (broad SMARTS) is 1. The highest BCUT2D eigenvalue weighted by Crippen LogP contribution is 2.26. The lowest BCUT2D eigenvalue weighted by atomic mass is 10.00. The van der Waals surface area contributed by atoms with Crippen molar-refractivity contribution in [3.63, 3.8) is 0 Å². The van der Waals surface area contributed by atoms with Crippen LogP contribution in [0.2, 0.25) is 0 Å². The van der Waals surface area contributed by atoms with Gasteiger partial charge in [-0.2, -0.15) is 5.10 Å². The van der Waals surface area contributed by atoms with Gasteiger partial charge in [-0.15, -0.1) is 0 Å². The Morgan fingerprint density at radius 1 is 1.33 bits per heavy atom. The Labute approximate surface area is 105 Å². The SMILES string of the molecule is CC(C)c1ccc(-c2[nH]nc(N)c2C(=O)O)cc1. The van der Waals surface area contributed by atoms with E-state index in [1.807, 2.05) is 24.3 Å². The van der Waals surface area contributed by atoms with E-state index in [2.05, 4.69) is 24.0 Å². The highest BCUT2D eigenvalue weighted by atomic mass is 16.4. The fraction of sp³-hybridized carbons (Fsp3) is 0.231. The van der Waals surface area contributed by atoms with Gasteiger partial charge in [-0.3, -0.25) is 5.10 Å². The van der Waals surface area contributed by atoms with Crippen LogP contribution >= 0.6 is 0 Å². The van der Waals surface area contributed by atoms with Gasteiger partial charge in [0.15, 0.2) is 5.82 Å². The summed E-state index contributed by atoms with van der Waals surface area (Å²) in [5.41, 5.74) is 7.96. The molecule has 0 saturated heterocycles. The molecule has 18 heavy (non-hydrogen) atoms. The van der Waals surface area contributed by atoms with E-state index in [1.165, 1.54) is 5.56 Å². The van der Waals surface area contributed by atoms with Crippen LogP contribution in [0.1, 0.15) is 35.7 Å². The second-order valence-electron chi connectivity index (χ2n) is 4.44. The maximum absolute atomic E-state index is 11.1. The summed E-state index contributed by atoms with van der Waals surface area (Å²) in [6.07, 6.45) is 0. The third kappa shape index (κ3) is 2.07. The summed E-state index contributed by atoms with van der Waals surface area (Å²) < 4.78 is 0. The zero-order valence-electron chi connectivity index (χ0n) is 10.3. The third-order valence-electron chi connectivity index (χ3n) is 2.87. The molecule has 0 unspecified atom stereocenters. The van der Waals surface area contributed by atoms with Crippen molar-refractivity contribution in [1.29, 1.82) is 0 Å². The first kappa shape index (κ1) is 12.2. The van der Waals surface area contributed by atoms with Gasteiger partial charge in [-0.1, -0.05) is 38.1 Å². The Balaban J connectivity index is 2.46. The number of aromatic carboxylic acids is 1. The number of nitrogens with zero attached hydrogens (tertiary/aromatic N) is 1. The summed E-state index contributed by atoms with van der Waals surface area (Å²) in [5.74, 6) is -0.639. The molecule has 2 aromatic rings. The number of hydrogen-bond donors (Lipinski definition) is 3. The van der Waals surface area contributed by atoms with Gasteiger partial charge in [-0.05, 0) is 11.5 Å². The van der Waals surface area contributed by atoms with E-state index in [4.69, 9.17) is 10.8 Å². The molecule has 94 valence electrons. The highest BCUT2D eigenvalue weighted by Gasteiger charge is 2.18. The molecule has 5 heteroatoms. The Bertz CT molecular complexity index is 570. The molecule has 0 bridgehead atoms. The van der Waals surface area contributed by atoms with Crippen LogP contribution in [0.25, 0.3) is 11.3 Å². The minimum atomic E-state index is -1.08. The van der Waals surface area contributed by atoms with Gasteiger partial charge in [0.05, 0.1) is 5.69 Å². The zero-order chi connectivity index (χ0) is 13.3. The fourth-order valence-electron chi connectivity index (χ4n) is 1.82. The first-order valence-corrected chi connectivity index (χ1v) is 5.68. The average Bonchev–Trinajstić information content (AvgIpc) is 2.71. The Morgan fingerprint density at radius 3 is 2.44 bits per heavy atom. The van der Waals surface area contributed by atoms with Gasteiger partial charge < -0.3 is 10.8 Å². The molecular weight excluding hydrogens is 230 g/mol. The number of hydrogen-bond acceptors (Lipinski definition) is 3. The van der Waals surface area contributed by atoms with Gasteiger partial charge in [0, 0.05) is 5.56 Å². The molecule has 0 atom stereocenters. The van der Waals surface area contributed by atoms with Crippen LogP contribution in [0.3, 0.4) is 0 Å². The molecule has 2 rings (SSSR count). The predicted molar refractivity (Wildman–Crippen MR) is 69.5 cm³/mol. The number of carbonyl (C=O) groups is 1. The molecule has 0 radical (unpaired) electrons.